The number of nitro benzene ring substituents is 1. The number of hydrogen-bond acceptors (Lipinski definition) is 5. The van der Waals surface area contributed by atoms with Gasteiger partial charge in [-0.05, 0) is 58.5 Å². The van der Waals surface area contributed by atoms with Crippen LogP contribution in [0, 0.1) is 13.7 Å². The average Bonchev–Trinajstić information content (AvgIpc) is 2.91. The Morgan fingerprint density at radius 3 is 2.35 bits per heavy atom. The van der Waals surface area contributed by atoms with Gasteiger partial charge in [0.2, 0.25) is 5.90 Å². The summed E-state index contributed by atoms with van der Waals surface area (Å²) in [5.74, 6) is -0.404. The zero-order chi connectivity index (χ0) is 16.4. The topological polar surface area (TPSA) is 81.8 Å². The number of aliphatic imine (C=N–C) groups is 1. The summed E-state index contributed by atoms with van der Waals surface area (Å²) < 4.78 is 6.22. The smallest absolute Gasteiger partial charge is 0.363 e. The number of nitrogens with zero attached hydrogens (tertiary/aromatic N) is 2. The monoisotopic (exact) mass is 420 g/mol. The van der Waals surface area contributed by atoms with Crippen molar-refractivity contribution in [2.24, 2.45) is 4.99 Å². The minimum absolute atomic E-state index is 0.0340. The Kier molecular flexibility index (Phi) is 4.20. The predicted octanol–water partition coefficient (Wildman–Crippen LogP) is 3.54. The van der Waals surface area contributed by atoms with Crippen molar-refractivity contribution in [3.05, 3.63) is 79.0 Å². The first-order chi connectivity index (χ1) is 11.0. The normalized spacial score (nSPS) is 15.4. The first-order valence-electron chi connectivity index (χ1n) is 6.56. The Morgan fingerprint density at radius 2 is 1.74 bits per heavy atom. The molecule has 1 heterocycles. The highest BCUT2D eigenvalue weighted by molar-refractivity contribution is 14.1. The quantitative estimate of drug-likeness (QED) is 0.250. The molecule has 23 heavy (non-hydrogen) atoms. The van der Waals surface area contributed by atoms with Crippen LogP contribution in [-0.4, -0.2) is 16.8 Å². The number of nitro groups is 1. The van der Waals surface area contributed by atoms with E-state index in [4.69, 9.17) is 4.74 Å². The minimum Gasteiger partial charge on any atom is -0.402 e. The number of hydrogen-bond donors (Lipinski definition) is 0. The first kappa shape index (κ1) is 15.3. The van der Waals surface area contributed by atoms with Gasteiger partial charge in [0.1, 0.15) is 0 Å². The molecule has 0 atom stereocenters. The van der Waals surface area contributed by atoms with Crippen LogP contribution < -0.4 is 0 Å². The molecule has 2 aromatic carbocycles. The molecule has 114 valence electrons. The number of carbonyl (C=O) groups is 1. The van der Waals surface area contributed by atoms with Crippen LogP contribution in [0.4, 0.5) is 5.69 Å². The molecular weight excluding hydrogens is 411 g/mol. The summed E-state index contributed by atoms with van der Waals surface area (Å²) in [5.41, 5.74) is 1.51. The largest absolute Gasteiger partial charge is 0.402 e. The number of cyclic esters (lactones) is 1. The van der Waals surface area contributed by atoms with E-state index in [0.717, 1.165) is 9.13 Å². The Bertz CT molecular complexity index is 839. The van der Waals surface area contributed by atoms with Crippen LogP contribution in [0.1, 0.15) is 11.1 Å². The number of esters is 1. The standard InChI is InChI=1S/C16H9IN2O4/c17-12-5-1-10(2-6-12)9-14-16(20)23-15(18-14)11-3-7-13(8-4-11)19(21)22/h1-9H/b14-9+. The molecule has 6 nitrogen and oxygen atoms in total. The summed E-state index contributed by atoms with van der Waals surface area (Å²) in [6, 6.07) is 13.3. The van der Waals surface area contributed by atoms with Crippen LogP contribution in [0.2, 0.25) is 0 Å². The highest BCUT2D eigenvalue weighted by atomic mass is 127. The molecule has 0 amide bonds. The zero-order valence-electron chi connectivity index (χ0n) is 11.6. The van der Waals surface area contributed by atoms with Gasteiger partial charge in [0.15, 0.2) is 5.70 Å². The van der Waals surface area contributed by atoms with E-state index in [2.05, 4.69) is 27.6 Å². The molecule has 0 N–H and O–H groups in total. The molecule has 0 radical (unpaired) electrons. The van der Waals surface area contributed by atoms with Gasteiger partial charge in [-0.25, -0.2) is 9.79 Å². The maximum Gasteiger partial charge on any atom is 0.363 e. The third-order valence-corrected chi connectivity index (χ3v) is 3.84. The average molecular weight is 420 g/mol. The molecule has 0 aliphatic carbocycles. The van der Waals surface area contributed by atoms with Crippen LogP contribution in [-0.2, 0) is 9.53 Å². The first-order valence-corrected chi connectivity index (χ1v) is 7.64. The zero-order valence-corrected chi connectivity index (χ0v) is 13.8. The molecule has 0 fully saturated rings. The molecule has 0 saturated carbocycles. The van der Waals surface area contributed by atoms with Crippen molar-refractivity contribution in [1.82, 2.24) is 0 Å². The van der Waals surface area contributed by atoms with Crippen LogP contribution >= 0.6 is 22.6 Å². The summed E-state index contributed by atoms with van der Waals surface area (Å²) in [5, 5.41) is 10.6. The molecular formula is C16H9IN2O4. The summed E-state index contributed by atoms with van der Waals surface area (Å²) in [6.07, 6.45) is 1.64. The second-order valence-electron chi connectivity index (χ2n) is 4.69. The van der Waals surface area contributed by atoms with E-state index in [0.29, 0.717) is 5.56 Å². The second kappa shape index (κ2) is 6.29. The second-order valence-corrected chi connectivity index (χ2v) is 5.94. The predicted molar refractivity (Wildman–Crippen MR) is 92.9 cm³/mol. The van der Waals surface area contributed by atoms with Gasteiger partial charge in [0.25, 0.3) is 5.69 Å². The fourth-order valence-electron chi connectivity index (χ4n) is 1.98. The molecule has 3 rings (SSSR count). The lowest BCUT2D eigenvalue weighted by molar-refractivity contribution is -0.384. The molecule has 0 spiro atoms. The third-order valence-electron chi connectivity index (χ3n) is 3.12. The molecule has 0 aromatic heterocycles. The van der Waals surface area contributed by atoms with Crippen LogP contribution in [0.5, 0.6) is 0 Å². The summed E-state index contributed by atoms with van der Waals surface area (Å²) >= 11 is 2.20. The van der Waals surface area contributed by atoms with Crippen molar-refractivity contribution in [3.63, 3.8) is 0 Å². The van der Waals surface area contributed by atoms with E-state index in [1.54, 1.807) is 6.08 Å². The number of rotatable bonds is 3. The lowest BCUT2D eigenvalue weighted by Crippen LogP contribution is -2.05. The molecule has 1 aliphatic heterocycles. The Hall–Kier alpha value is -2.55. The molecule has 1 aliphatic rings. The molecule has 0 bridgehead atoms. The molecule has 0 saturated heterocycles. The highest BCUT2D eigenvalue weighted by Crippen LogP contribution is 2.21. The Balaban J connectivity index is 1.88. The van der Waals surface area contributed by atoms with Gasteiger partial charge >= 0.3 is 5.97 Å². The summed E-state index contributed by atoms with van der Waals surface area (Å²) in [6.45, 7) is 0. The van der Waals surface area contributed by atoms with Crippen molar-refractivity contribution < 1.29 is 14.5 Å². The highest BCUT2D eigenvalue weighted by Gasteiger charge is 2.24. The van der Waals surface area contributed by atoms with Crippen molar-refractivity contribution in [3.8, 4) is 0 Å². The van der Waals surface area contributed by atoms with E-state index in [1.807, 2.05) is 24.3 Å². The summed E-state index contributed by atoms with van der Waals surface area (Å²) in [7, 11) is 0. The van der Waals surface area contributed by atoms with Crippen molar-refractivity contribution in [1.29, 1.82) is 0 Å². The van der Waals surface area contributed by atoms with E-state index >= 15 is 0 Å². The van der Waals surface area contributed by atoms with Crippen molar-refractivity contribution in [2.75, 3.05) is 0 Å². The van der Waals surface area contributed by atoms with Gasteiger partial charge in [-0.15, -0.1) is 0 Å². The van der Waals surface area contributed by atoms with Crippen LogP contribution in [0.25, 0.3) is 6.08 Å². The number of halogens is 1. The van der Waals surface area contributed by atoms with Gasteiger partial charge in [0, 0.05) is 21.3 Å². The van der Waals surface area contributed by atoms with Gasteiger partial charge in [-0.1, -0.05) is 12.1 Å². The maximum absolute atomic E-state index is 11.9. The fourth-order valence-corrected chi connectivity index (χ4v) is 2.33. The number of ether oxygens (including phenoxy) is 1. The number of carbonyl (C=O) groups excluding carboxylic acids is 1. The SMILES string of the molecule is O=C1OC(c2ccc([N+](=O)[O-])cc2)=N/C1=C/c1ccc(I)cc1. The van der Waals surface area contributed by atoms with Gasteiger partial charge < -0.3 is 4.74 Å². The van der Waals surface area contributed by atoms with Gasteiger partial charge in [-0.2, -0.15) is 0 Å². The van der Waals surface area contributed by atoms with Gasteiger partial charge in [0.05, 0.1) is 4.92 Å². The summed E-state index contributed by atoms with van der Waals surface area (Å²) in [4.78, 5) is 26.2. The van der Waals surface area contributed by atoms with E-state index in [-0.39, 0.29) is 17.3 Å². The van der Waals surface area contributed by atoms with Crippen molar-refractivity contribution in [2.45, 2.75) is 0 Å². The third kappa shape index (κ3) is 3.45. The maximum atomic E-state index is 11.9. The fraction of sp³-hybridized carbons (Fsp3) is 0. The van der Waals surface area contributed by atoms with E-state index in [1.165, 1.54) is 24.3 Å². The Labute approximate surface area is 144 Å². The van der Waals surface area contributed by atoms with E-state index < -0.39 is 10.9 Å². The lowest BCUT2D eigenvalue weighted by atomic mass is 10.2. The van der Waals surface area contributed by atoms with Crippen LogP contribution in [0.15, 0.2) is 59.2 Å². The minimum atomic E-state index is -0.545. The molecule has 0 unspecified atom stereocenters. The molecule has 2 aromatic rings. The number of non-ortho nitro benzene ring substituents is 1. The molecule has 7 heteroatoms. The van der Waals surface area contributed by atoms with Crippen LogP contribution in [0.3, 0.4) is 0 Å². The Morgan fingerprint density at radius 1 is 1.09 bits per heavy atom. The lowest BCUT2D eigenvalue weighted by Gasteiger charge is -1.98. The van der Waals surface area contributed by atoms with Gasteiger partial charge in [-0.3, -0.25) is 10.1 Å². The number of benzene rings is 2. The van der Waals surface area contributed by atoms with Crippen molar-refractivity contribution >= 4 is 46.2 Å². The van der Waals surface area contributed by atoms with E-state index in [9.17, 15) is 14.9 Å².